The second-order valence-corrected chi connectivity index (χ2v) is 9.78. The summed E-state index contributed by atoms with van der Waals surface area (Å²) >= 11 is 0. The van der Waals surface area contributed by atoms with E-state index < -0.39 is 57.6 Å². The Morgan fingerprint density at radius 2 is 1.63 bits per heavy atom. The molecule has 0 saturated heterocycles. The van der Waals surface area contributed by atoms with Crippen molar-refractivity contribution in [3.05, 3.63) is 102 Å². The Balaban J connectivity index is 1.42. The van der Waals surface area contributed by atoms with Crippen LogP contribution in [-0.4, -0.2) is 45.6 Å². The van der Waals surface area contributed by atoms with E-state index in [0.717, 1.165) is 29.3 Å². The molecule has 12 heteroatoms. The Morgan fingerprint density at radius 3 is 2.26 bits per heavy atom. The summed E-state index contributed by atoms with van der Waals surface area (Å²) in [5.74, 6) is -3.73. The first-order chi connectivity index (χ1) is 18.2. The van der Waals surface area contributed by atoms with Crippen LogP contribution >= 0.6 is 0 Å². The van der Waals surface area contributed by atoms with E-state index in [1.807, 2.05) is 36.4 Å². The minimum Gasteiger partial charge on any atom is -0.497 e. The average Bonchev–Trinajstić information content (AvgIpc) is 3.37. The molecule has 0 radical (unpaired) electrons. The number of rotatable bonds is 9. The van der Waals surface area contributed by atoms with Crippen molar-refractivity contribution in [2.75, 3.05) is 20.3 Å². The molecule has 0 fully saturated rings. The molecule has 4 rings (SSSR count). The van der Waals surface area contributed by atoms with Gasteiger partial charge in [0.15, 0.2) is 11.5 Å². The number of carbonyl (C=O) groups excluding carboxylic acids is 2. The fourth-order valence-corrected chi connectivity index (χ4v) is 4.84. The molecule has 0 aliphatic carbocycles. The normalized spacial score (nSPS) is 15.0. The number of halogens is 2. The molecule has 1 aliphatic heterocycles. The smallest absolute Gasteiger partial charge is 0.321 e. The SMILES string of the molecule is COc1ccc([C@H]2C=C(c3ccccc3)NN2C(=O)COC(=O)CNS(=O)(=O)c2c(F)cccc2F)cc1. The van der Waals surface area contributed by atoms with Crippen LogP contribution in [0.25, 0.3) is 5.70 Å². The molecule has 38 heavy (non-hydrogen) atoms. The second kappa shape index (κ2) is 11.4. The molecule has 1 amide bonds. The topological polar surface area (TPSA) is 114 Å². The zero-order valence-electron chi connectivity index (χ0n) is 20.1. The van der Waals surface area contributed by atoms with Gasteiger partial charge in [0.1, 0.15) is 23.9 Å². The minimum absolute atomic E-state index is 0.551. The molecule has 2 N–H and O–H groups in total. The van der Waals surface area contributed by atoms with Crippen molar-refractivity contribution in [1.82, 2.24) is 15.2 Å². The minimum atomic E-state index is -4.69. The maximum Gasteiger partial charge on any atom is 0.321 e. The summed E-state index contributed by atoms with van der Waals surface area (Å²) in [4.78, 5) is 24.0. The van der Waals surface area contributed by atoms with Gasteiger partial charge in [-0.25, -0.2) is 22.2 Å². The highest BCUT2D eigenvalue weighted by Crippen LogP contribution is 2.32. The number of nitrogens with zero attached hydrogens (tertiary/aromatic N) is 1. The molecular weight excluding hydrogens is 520 g/mol. The Kier molecular flexibility index (Phi) is 8.03. The second-order valence-electron chi connectivity index (χ2n) is 8.08. The van der Waals surface area contributed by atoms with E-state index in [-0.39, 0.29) is 0 Å². The van der Waals surface area contributed by atoms with Crippen LogP contribution in [0.15, 0.2) is 83.8 Å². The Morgan fingerprint density at radius 1 is 0.974 bits per heavy atom. The molecule has 9 nitrogen and oxygen atoms in total. The molecule has 0 aromatic heterocycles. The van der Waals surface area contributed by atoms with Crippen LogP contribution in [0.2, 0.25) is 0 Å². The van der Waals surface area contributed by atoms with Crippen molar-refractivity contribution in [1.29, 1.82) is 0 Å². The number of carbonyl (C=O) groups is 2. The summed E-state index contributed by atoms with van der Waals surface area (Å²) in [5, 5.41) is 1.29. The van der Waals surface area contributed by atoms with Crippen LogP contribution in [0.4, 0.5) is 8.78 Å². The van der Waals surface area contributed by atoms with Crippen LogP contribution in [0, 0.1) is 11.6 Å². The maximum atomic E-state index is 13.8. The first kappa shape index (κ1) is 26.8. The lowest BCUT2D eigenvalue weighted by Gasteiger charge is -2.25. The van der Waals surface area contributed by atoms with E-state index in [1.165, 1.54) is 12.1 Å². The maximum absolute atomic E-state index is 13.8. The van der Waals surface area contributed by atoms with Gasteiger partial charge in [0.05, 0.1) is 18.8 Å². The molecule has 0 saturated carbocycles. The van der Waals surface area contributed by atoms with Crippen molar-refractivity contribution in [3.63, 3.8) is 0 Å². The van der Waals surface area contributed by atoms with Crippen LogP contribution in [0.5, 0.6) is 5.75 Å². The van der Waals surface area contributed by atoms with Crippen molar-refractivity contribution in [2.24, 2.45) is 0 Å². The Hall–Kier alpha value is -4.29. The molecule has 0 bridgehead atoms. The van der Waals surface area contributed by atoms with Gasteiger partial charge < -0.3 is 9.47 Å². The van der Waals surface area contributed by atoms with E-state index in [1.54, 1.807) is 29.0 Å². The van der Waals surface area contributed by atoms with Crippen LogP contribution < -0.4 is 14.9 Å². The lowest BCUT2D eigenvalue weighted by atomic mass is 10.0. The number of methoxy groups -OCH3 is 1. The monoisotopic (exact) mass is 543 g/mol. The highest BCUT2D eigenvalue weighted by molar-refractivity contribution is 7.89. The number of hydrogen-bond acceptors (Lipinski definition) is 7. The number of hydrazine groups is 1. The van der Waals surface area contributed by atoms with Gasteiger partial charge in [-0.1, -0.05) is 48.5 Å². The predicted octanol–water partition coefficient (Wildman–Crippen LogP) is 2.92. The molecule has 3 aromatic rings. The van der Waals surface area contributed by atoms with Gasteiger partial charge in [-0.15, -0.1) is 0 Å². The number of nitrogens with one attached hydrogen (secondary N) is 2. The number of amides is 1. The summed E-state index contributed by atoms with van der Waals surface area (Å²) in [6.45, 7) is -1.66. The standard InChI is InChI=1S/C26H23F2N3O6S/c1-36-19-12-10-18(11-13-19)23-14-22(17-6-3-2-4-7-17)30-31(23)24(32)16-37-25(33)15-29-38(34,35)26-20(27)8-5-9-21(26)28/h2-14,23,29-30H,15-16H2,1H3/t23-/m1/s1. The van der Waals surface area contributed by atoms with Crippen LogP contribution in [-0.2, 0) is 24.3 Å². The summed E-state index contributed by atoms with van der Waals surface area (Å²) in [5.41, 5.74) is 5.26. The van der Waals surface area contributed by atoms with Gasteiger partial charge in [0.25, 0.3) is 5.91 Å². The van der Waals surface area contributed by atoms with E-state index in [9.17, 15) is 26.8 Å². The average molecular weight is 544 g/mol. The molecule has 3 aromatic carbocycles. The first-order valence-corrected chi connectivity index (χ1v) is 12.8. The Bertz CT molecular complexity index is 1440. The first-order valence-electron chi connectivity index (χ1n) is 11.3. The molecule has 1 aliphatic rings. The van der Waals surface area contributed by atoms with Gasteiger partial charge in [-0.2, -0.15) is 4.72 Å². The lowest BCUT2D eigenvalue weighted by molar-refractivity contribution is -0.152. The van der Waals surface area contributed by atoms with E-state index >= 15 is 0 Å². The summed E-state index contributed by atoms with van der Waals surface area (Å²) < 4.78 is 64.0. The van der Waals surface area contributed by atoms with Gasteiger partial charge in [-0.05, 0) is 41.5 Å². The highest BCUT2D eigenvalue weighted by atomic mass is 32.2. The van der Waals surface area contributed by atoms with E-state index in [0.29, 0.717) is 11.4 Å². The van der Waals surface area contributed by atoms with Crippen molar-refractivity contribution in [2.45, 2.75) is 10.9 Å². The lowest BCUT2D eigenvalue weighted by Crippen LogP contribution is -2.42. The van der Waals surface area contributed by atoms with Crippen molar-refractivity contribution < 1.29 is 36.3 Å². The van der Waals surface area contributed by atoms with Gasteiger partial charge in [-0.3, -0.25) is 15.0 Å². The molecule has 0 unspecified atom stereocenters. The van der Waals surface area contributed by atoms with Crippen LogP contribution in [0.3, 0.4) is 0 Å². The van der Waals surface area contributed by atoms with Gasteiger partial charge in [0, 0.05) is 0 Å². The third-order valence-electron chi connectivity index (χ3n) is 5.61. The van der Waals surface area contributed by atoms with Gasteiger partial charge in [0.2, 0.25) is 10.0 Å². The van der Waals surface area contributed by atoms with Crippen molar-refractivity contribution >= 4 is 27.6 Å². The molecule has 198 valence electrons. The van der Waals surface area contributed by atoms with E-state index in [4.69, 9.17) is 9.47 Å². The zero-order chi connectivity index (χ0) is 27.3. The quantitative estimate of drug-likeness (QED) is 0.399. The summed E-state index contributed by atoms with van der Waals surface area (Å²) in [6, 6.07) is 18.4. The number of esters is 1. The Labute approximate surface area is 217 Å². The largest absolute Gasteiger partial charge is 0.497 e. The predicted molar refractivity (Wildman–Crippen MR) is 133 cm³/mol. The highest BCUT2D eigenvalue weighted by Gasteiger charge is 2.31. The van der Waals surface area contributed by atoms with Gasteiger partial charge >= 0.3 is 5.97 Å². The summed E-state index contributed by atoms with van der Waals surface area (Å²) in [7, 11) is -3.15. The molecule has 1 heterocycles. The van der Waals surface area contributed by atoms with E-state index in [2.05, 4.69) is 5.43 Å². The third-order valence-corrected chi connectivity index (χ3v) is 7.06. The number of benzene rings is 3. The number of ether oxygens (including phenoxy) is 2. The number of sulfonamides is 1. The molecule has 0 spiro atoms. The third kappa shape index (κ3) is 5.98. The van der Waals surface area contributed by atoms with Crippen LogP contribution in [0.1, 0.15) is 17.2 Å². The molecule has 1 atom stereocenters. The molecular formula is C26H23F2N3O6S. The fourth-order valence-electron chi connectivity index (χ4n) is 3.74. The van der Waals surface area contributed by atoms with Crippen molar-refractivity contribution in [3.8, 4) is 5.75 Å². The number of hydrogen-bond donors (Lipinski definition) is 2. The fraction of sp³-hybridized carbons (Fsp3) is 0.154. The zero-order valence-corrected chi connectivity index (χ0v) is 20.9. The summed E-state index contributed by atoms with van der Waals surface area (Å²) in [6.07, 6.45) is 1.84.